The fourth-order valence-corrected chi connectivity index (χ4v) is 4.03. The molecule has 3 rings (SSSR count). The number of hydrogen-bond acceptors (Lipinski definition) is 5. The van der Waals surface area contributed by atoms with Crippen LogP contribution >= 0.6 is 23.4 Å². The summed E-state index contributed by atoms with van der Waals surface area (Å²) in [6, 6.07) is 12.5. The molecule has 0 bridgehead atoms. The minimum atomic E-state index is -3.27. The summed E-state index contributed by atoms with van der Waals surface area (Å²) in [5, 5.41) is 2.17. The molecule has 0 atom stereocenters. The molecular weight excluding hydrogens is 352 g/mol. The van der Waals surface area contributed by atoms with Crippen molar-refractivity contribution < 1.29 is 8.42 Å². The van der Waals surface area contributed by atoms with Crippen LogP contribution in [0, 0.1) is 0 Å². The highest BCUT2D eigenvalue weighted by atomic mass is 35.5. The molecule has 4 nitrogen and oxygen atoms in total. The number of sulfone groups is 1. The van der Waals surface area contributed by atoms with Gasteiger partial charge in [0.25, 0.3) is 0 Å². The number of hydrogen-bond donors (Lipinski definition) is 0. The molecule has 0 aliphatic carbocycles. The van der Waals surface area contributed by atoms with Crippen LogP contribution in [-0.2, 0) is 15.6 Å². The summed E-state index contributed by atoms with van der Waals surface area (Å²) in [7, 11) is -3.27. The Balaban J connectivity index is 1.99. The van der Waals surface area contributed by atoms with Crippen molar-refractivity contribution in [3.63, 3.8) is 0 Å². The first-order valence-electron chi connectivity index (χ1n) is 6.76. The van der Waals surface area contributed by atoms with Gasteiger partial charge in [-0.05, 0) is 29.8 Å². The average molecular weight is 365 g/mol. The van der Waals surface area contributed by atoms with Crippen LogP contribution in [0.15, 0.2) is 58.7 Å². The topological polar surface area (TPSA) is 59.9 Å². The fourth-order valence-electron chi connectivity index (χ4n) is 2.12. The van der Waals surface area contributed by atoms with Crippen molar-refractivity contribution in [3.8, 4) is 0 Å². The van der Waals surface area contributed by atoms with Crippen LogP contribution < -0.4 is 0 Å². The fraction of sp³-hybridized carbons (Fsp3) is 0.125. The lowest BCUT2D eigenvalue weighted by Gasteiger charge is -2.07. The standard InChI is InChI=1S/C16H13ClN2O2S2/c1-23(20,21)12-6-7-15-13(8-12)16(19-10-18-15)22-9-11-4-2-3-5-14(11)17/h2-8,10H,9H2,1H3. The lowest BCUT2D eigenvalue weighted by molar-refractivity contribution is 0.602. The molecule has 1 aromatic heterocycles. The summed E-state index contributed by atoms with van der Waals surface area (Å²) in [5.74, 6) is 0.648. The number of thioether (sulfide) groups is 1. The van der Waals surface area contributed by atoms with Gasteiger partial charge in [0, 0.05) is 22.4 Å². The zero-order chi connectivity index (χ0) is 16.4. The van der Waals surface area contributed by atoms with Crippen LogP contribution in [0.25, 0.3) is 10.9 Å². The zero-order valence-corrected chi connectivity index (χ0v) is 14.6. The van der Waals surface area contributed by atoms with E-state index in [1.165, 1.54) is 24.3 Å². The zero-order valence-electron chi connectivity index (χ0n) is 12.2. The summed E-state index contributed by atoms with van der Waals surface area (Å²) >= 11 is 7.67. The Morgan fingerprint density at radius 2 is 1.91 bits per heavy atom. The Labute approximate surface area is 143 Å². The molecule has 0 N–H and O–H groups in total. The minimum Gasteiger partial charge on any atom is -0.236 e. The quantitative estimate of drug-likeness (QED) is 0.517. The highest BCUT2D eigenvalue weighted by molar-refractivity contribution is 7.98. The van der Waals surface area contributed by atoms with Crippen molar-refractivity contribution in [1.82, 2.24) is 9.97 Å². The Morgan fingerprint density at radius 3 is 2.65 bits per heavy atom. The molecule has 1 heterocycles. The van der Waals surface area contributed by atoms with E-state index in [4.69, 9.17) is 11.6 Å². The van der Waals surface area contributed by atoms with Crippen LogP contribution in [0.4, 0.5) is 0 Å². The summed E-state index contributed by atoms with van der Waals surface area (Å²) in [6.45, 7) is 0. The van der Waals surface area contributed by atoms with E-state index in [0.717, 1.165) is 16.0 Å². The van der Waals surface area contributed by atoms with Gasteiger partial charge in [0.2, 0.25) is 0 Å². The van der Waals surface area contributed by atoms with Crippen LogP contribution in [0.2, 0.25) is 5.02 Å². The molecule has 0 saturated heterocycles. The van der Waals surface area contributed by atoms with Gasteiger partial charge in [0.05, 0.1) is 10.4 Å². The van der Waals surface area contributed by atoms with Crippen molar-refractivity contribution in [3.05, 3.63) is 59.4 Å². The molecule has 0 radical (unpaired) electrons. The van der Waals surface area contributed by atoms with Gasteiger partial charge in [-0.2, -0.15) is 0 Å². The summed E-state index contributed by atoms with van der Waals surface area (Å²) in [4.78, 5) is 8.74. The SMILES string of the molecule is CS(=O)(=O)c1ccc2ncnc(SCc3ccccc3Cl)c2c1. The van der Waals surface area contributed by atoms with Crippen LogP contribution in [0.1, 0.15) is 5.56 Å². The second kappa shape index (κ2) is 6.47. The van der Waals surface area contributed by atoms with Gasteiger partial charge < -0.3 is 0 Å². The van der Waals surface area contributed by atoms with E-state index >= 15 is 0 Å². The first-order chi connectivity index (χ1) is 10.9. The largest absolute Gasteiger partial charge is 0.236 e. The molecule has 0 amide bonds. The molecule has 0 aliphatic rings. The molecule has 23 heavy (non-hydrogen) atoms. The van der Waals surface area contributed by atoms with Gasteiger partial charge in [-0.15, -0.1) is 11.8 Å². The smallest absolute Gasteiger partial charge is 0.175 e. The van der Waals surface area contributed by atoms with Gasteiger partial charge in [-0.3, -0.25) is 0 Å². The van der Waals surface area contributed by atoms with Crippen LogP contribution in [-0.4, -0.2) is 24.6 Å². The maximum atomic E-state index is 11.7. The van der Waals surface area contributed by atoms with E-state index in [0.29, 0.717) is 16.3 Å². The van der Waals surface area contributed by atoms with Gasteiger partial charge >= 0.3 is 0 Å². The van der Waals surface area contributed by atoms with Crippen molar-refractivity contribution in [2.24, 2.45) is 0 Å². The highest BCUT2D eigenvalue weighted by Crippen LogP contribution is 2.30. The monoisotopic (exact) mass is 364 g/mol. The van der Waals surface area contributed by atoms with Crippen molar-refractivity contribution in [2.75, 3.05) is 6.26 Å². The van der Waals surface area contributed by atoms with Crippen molar-refractivity contribution in [1.29, 1.82) is 0 Å². The van der Waals surface area contributed by atoms with E-state index in [9.17, 15) is 8.42 Å². The van der Waals surface area contributed by atoms with Gasteiger partial charge in [0.15, 0.2) is 9.84 Å². The lowest BCUT2D eigenvalue weighted by Crippen LogP contribution is -1.98. The summed E-state index contributed by atoms with van der Waals surface area (Å²) in [6.07, 6.45) is 2.67. The third-order valence-electron chi connectivity index (χ3n) is 3.32. The molecule has 0 aliphatic heterocycles. The maximum Gasteiger partial charge on any atom is 0.175 e. The van der Waals surface area contributed by atoms with E-state index < -0.39 is 9.84 Å². The summed E-state index contributed by atoms with van der Waals surface area (Å²) in [5.41, 5.74) is 1.72. The predicted molar refractivity (Wildman–Crippen MR) is 93.7 cm³/mol. The number of benzene rings is 2. The number of nitrogens with zero attached hydrogens (tertiary/aromatic N) is 2. The van der Waals surface area contributed by atoms with E-state index in [-0.39, 0.29) is 4.90 Å². The maximum absolute atomic E-state index is 11.7. The Hall–Kier alpha value is -1.63. The predicted octanol–water partition coefficient (Wildman–Crippen LogP) is 3.98. The minimum absolute atomic E-state index is 0.263. The molecule has 3 aromatic rings. The molecule has 2 aromatic carbocycles. The molecule has 0 unspecified atom stereocenters. The molecule has 7 heteroatoms. The van der Waals surface area contributed by atoms with E-state index in [2.05, 4.69) is 9.97 Å². The van der Waals surface area contributed by atoms with Gasteiger partial charge in [-0.25, -0.2) is 18.4 Å². The molecule has 118 valence electrons. The third-order valence-corrected chi connectivity index (χ3v) is 5.85. The molecular formula is C16H13ClN2O2S2. The first-order valence-corrected chi connectivity index (χ1v) is 10.0. The highest BCUT2D eigenvalue weighted by Gasteiger charge is 2.12. The van der Waals surface area contributed by atoms with Gasteiger partial charge in [0.1, 0.15) is 11.4 Å². The number of aromatic nitrogens is 2. The van der Waals surface area contributed by atoms with E-state index in [1.54, 1.807) is 18.2 Å². The number of halogens is 1. The average Bonchev–Trinajstić information content (AvgIpc) is 2.53. The summed E-state index contributed by atoms with van der Waals surface area (Å²) < 4.78 is 23.5. The number of rotatable bonds is 4. The second-order valence-corrected chi connectivity index (χ2v) is 8.40. The normalized spacial score (nSPS) is 11.7. The van der Waals surface area contributed by atoms with Crippen LogP contribution in [0.5, 0.6) is 0 Å². The molecule has 0 saturated carbocycles. The Bertz CT molecular complexity index is 975. The molecule has 0 fully saturated rings. The van der Waals surface area contributed by atoms with Gasteiger partial charge in [-0.1, -0.05) is 29.8 Å². The Morgan fingerprint density at radius 1 is 1.13 bits per heavy atom. The lowest BCUT2D eigenvalue weighted by atomic mass is 10.2. The second-order valence-electron chi connectivity index (χ2n) is 5.01. The molecule has 0 spiro atoms. The first kappa shape index (κ1) is 16.2. The van der Waals surface area contributed by atoms with Crippen molar-refractivity contribution in [2.45, 2.75) is 15.7 Å². The Kier molecular flexibility index (Phi) is 4.57. The number of fused-ring (bicyclic) bond motifs is 1. The van der Waals surface area contributed by atoms with Crippen LogP contribution in [0.3, 0.4) is 0 Å². The van der Waals surface area contributed by atoms with E-state index in [1.807, 2.05) is 24.3 Å². The third kappa shape index (κ3) is 3.65. The van der Waals surface area contributed by atoms with Crippen molar-refractivity contribution >= 4 is 44.1 Å².